The van der Waals surface area contributed by atoms with Gasteiger partial charge in [0.25, 0.3) is 0 Å². The summed E-state index contributed by atoms with van der Waals surface area (Å²) in [5, 5.41) is 4.60. The van der Waals surface area contributed by atoms with Crippen LogP contribution in [0.2, 0.25) is 0 Å². The number of fused-ring (bicyclic) bond motifs is 1. The largest absolute Gasteiger partial charge is 0.451 e. The molecule has 0 spiro atoms. The third-order valence-corrected chi connectivity index (χ3v) is 4.33. The Balaban J connectivity index is 1.49. The smallest absolute Gasteiger partial charge is 0.305 e. The highest BCUT2D eigenvalue weighted by Gasteiger charge is 2.17. The number of para-hydroxylation sites is 1. The average molecular weight is 360 g/mol. The molecule has 0 saturated carbocycles. The van der Waals surface area contributed by atoms with Gasteiger partial charge in [0.15, 0.2) is 11.6 Å². The molecule has 9 heteroatoms. The molecule has 0 radical (unpaired) electrons. The highest BCUT2D eigenvalue weighted by atomic mass is 32.2. The lowest BCUT2D eigenvalue weighted by molar-refractivity contribution is -0.119. The SMILES string of the molecule is Cc1nc(CSCC(=O)NNC(=O)c2oc3ccccc3c2C)no1. The Morgan fingerprint density at radius 3 is 2.72 bits per heavy atom. The second-order valence-electron chi connectivity index (χ2n) is 5.28. The van der Waals surface area contributed by atoms with E-state index >= 15 is 0 Å². The van der Waals surface area contributed by atoms with Gasteiger partial charge in [-0.3, -0.25) is 20.4 Å². The average Bonchev–Trinajstić information content (AvgIpc) is 3.17. The Hall–Kier alpha value is -2.81. The van der Waals surface area contributed by atoms with Gasteiger partial charge < -0.3 is 8.94 Å². The second kappa shape index (κ2) is 7.39. The third kappa shape index (κ3) is 4.00. The minimum atomic E-state index is -0.499. The summed E-state index contributed by atoms with van der Waals surface area (Å²) < 4.78 is 10.4. The minimum absolute atomic E-state index is 0.146. The van der Waals surface area contributed by atoms with Crippen molar-refractivity contribution in [2.45, 2.75) is 19.6 Å². The van der Waals surface area contributed by atoms with E-state index in [0.29, 0.717) is 23.1 Å². The minimum Gasteiger partial charge on any atom is -0.451 e. The first-order valence-electron chi connectivity index (χ1n) is 7.49. The number of nitrogens with one attached hydrogen (secondary N) is 2. The van der Waals surface area contributed by atoms with Gasteiger partial charge in [-0.2, -0.15) is 4.98 Å². The quantitative estimate of drug-likeness (QED) is 0.671. The Morgan fingerprint density at radius 2 is 2.00 bits per heavy atom. The summed E-state index contributed by atoms with van der Waals surface area (Å²) in [5.41, 5.74) is 6.07. The third-order valence-electron chi connectivity index (χ3n) is 3.40. The predicted molar refractivity (Wildman–Crippen MR) is 91.8 cm³/mol. The van der Waals surface area contributed by atoms with Crippen molar-refractivity contribution in [2.24, 2.45) is 0 Å². The van der Waals surface area contributed by atoms with Gasteiger partial charge >= 0.3 is 5.91 Å². The fraction of sp³-hybridized carbons (Fsp3) is 0.250. The summed E-state index contributed by atoms with van der Waals surface area (Å²) >= 11 is 1.31. The molecule has 8 nitrogen and oxygen atoms in total. The van der Waals surface area contributed by atoms with Crippen LogP contribution < -0.4 is 10.9 Å². The van der Waals surface area contributed by atoms with Crippen molar-refractivity contribution in [3.8, 4) is 0 Å². The number of aromatic nitrogens is 2. The molecule has 0 aliphatic rings. The molecule has 0 atom stereocenters. The number of carbonyl (C=O) groups excluding carboxylic acids is 2. The fourth-order valence-corrected chi connectivity index (χ4v) is 2.90. The monoisotopic (exact) mass is 360 g/mol. The molecular formula is C16H16N4O4S. The van der Waals surface area contributed by atoms with Gasteiger partial charge in [-0.1, -0.05) is 23.4 Å². The number of aryl methyl sites for hydroxylation is 2. The molecule has 2 heterocycles. The van der Waals surface area contributed by atoms with Crippen molar-refractivity contribution < 1.29 is 18.5 Å². The number of nitrogens with zero attached hydrogens (tertiary/aromatic N) is 2. The maximum absolute atomic E-state index is 12.2. The Labute approximate surface area is 147 Å². The number of benzene rings is 1. The molecule has 1 aromatic carbocycles. The van der Waals surface area contributed by atoms with E-state index in [2.05, 4.69) is 21.0 Å². The van der Waals surface area contributed by atoms with E-state index in [4.69, 9.17) is 8.94 Å². The van der Waals surface area contributed by atoms with Crippen molar-refractivity contribution in [1.29, 1.82) is 0 Å². The van der Waals surface area contributed by atoms with Crippen LogP contribution in [0.3, 0.4) is 0 Å². The zero-order chi connectivity index (χ0) is 17.8. The van der Waals surface area contributed by atoms with Gasteiger partial charge in [0, 0.05) is 17.9 Å². The predicted octanol–water partition coefficient (Wildman–Crippen LogP) is 2.13. The number of amides is 2. The Bertz CT molecular complexity index is 918. The molecule has 3 rings (SSSR count). The summed E-state index contributed by atoms with van der Waals surface area (Å²) in [7, 11) is 0. The fourth-order valence-electron chi connectivity index (χ4n) is 2.25. The molecule has 2 amide bonds. The van der Waals surface area contributed by atoms with E-state index in [9.17, 15) is 9.59 Å². The van der Waals surface area contributed by atoms with Gasteiger partial charge in [0.1, 0.15) is 5.58 Å². The molecule has 0 unspecified atom stereocenters. The number of thioether (sulfide) groups is 1. The molecule has 25 heavy (non-hydrogen) atoms. The van der Waals surface area contributed by atoms with Crippen LogP contribution in [0.15, 0.2) is 33.2 Å². The van der Waals surface area contributed by atoms with E-state index in [-0.39, 0.29) is 17.4 Å². The number of hydrogen-bond acceptors (Lipinski definition) is 7. The lowest BCUT2D eigenvalue weighted by Gasteiger charge is -2.05. The molecule has 0 saturated heterocycles. The van der Waals surface area contributed by atoms with Gasteiger partial charge in [-0.05, 0) is 13.0 Å². The van der Waals surface area contributed by atoms with E-state index in [1.165, 1.54) is 11.8 Å². The summed E-state index contributed by atoms with van der Waals surface area (Å²) in [5.74, 6) is 0.935. The van der Waals surface area contributed by atoms with Crippen LogP contribution in [0.4, 0.5) is 0 Å². The number of furan rings is 1. The molecule has 0 fully saturated rings. The van der Waals surface area contributed by atoms with Crippen LogP contribution in [-0.4, -0.2) is 27.7 Å². The van der Waals surface area contributed by atoms with Crippen molar-refractivity contribution in [3.63, 3.8) is 0 Å². The van der Waals surface area contributed by atoms with Crippen LogP contribution in [0.1, 0.15) is 27.8 Å². The van der Waals surface area contributed by atoms with Crippen LogP contribution in [0.25, 0.3) is 11.0 Å². The van der Waals surface area contributed by atoms with Crippen LogP contribution >= 0.6 is 11.8 Å². The Kier molecular flexibility index (Phi) is 5.03. The standard InChI is InChI=1S/C16H16N4O4S/c1-9-11-5-3-4-6-12(11)23-15(9)16(22)19-18-14(21)8-25-7-13-17-10(2)24-20-13/h3-6H,7-8H2,1-2H3,(H,18,21)(H,19,22). The number of rotatable bonds is 5. The lowest BCUT2D eigenvalue weighted by atomic mass is 10.1. The number of hydrogen-bond donors (Lipinski definition) is 2. The molecule has 0 aliphatic heterocycles. The topological polar surface area (TPSA) is 110 Å². The molecule has 0 aliphatic carbocycles. The first kappa shape index (κ1) is 17.0. The lowest BCUT2D eigenvalue weighted by Crippen LogP contribution is -2.42. The van der Waals surface area contributed by atoms with E-state index in [1.807, 2.05) is 18.2 Å². The summed E-state index contributed by atoms with van der Waals surface area (Å²) in [6, 6.07) is 7.36. The molecule has 2 aromatic heterocycles. The number of hydrazine groups is 1. The van der Waals surface area contributed by atoms with Gasteiger partial charge in [-0.25, -0.2) is 0 Å². The maximum atomic E-state index is 12.2. The van der Waals surface area contributed by atoms with Crippen LogP contribution in [0.5, 0.6) is 0 Å². The number of carbonyl (C=O) groups is 2. The van der Waals surface area contributed by atoms with Crippen molar-refractivity contribution in [3.05, 3.63) is 47.3 Å². The van der Waals surface area contributed by atoms with E-state index in [1.54, 1.807) is 19.9 Å². The van der Waals surface area contributed by atoms with Crippen LogP contribution in [0, 0.1) is 13.8 Å². The first-order chi connectivity index (χ1) is 12.0. The normalized spacial score (nSPS) is 10.8. The van der Waals surface area contributed by atoms with E-state index in [0.717, 1.165) is 10.9 Å². The molecular weight excluding hydrogens is 344 g/mol. The van der Waals surface area contributed by atoms with Gasteiger partial charge in [0.2, 0.25) is 11.8 Å². The van der Waals surface area contributed by atoms with Crippen LogP contribution in [-0.2, 0) is 10.5 Å². The molecule has 0 bridgehead atoms. The molecule has 130 valence electrons. The van der Waals surface area contributed by atoms with E-state index < -0.39 is 5.91 Å². The zero-order valence-corrected chi connectivity index (χ0v) is 14.5. The maximum Gasteiger partial charge on any atom is 0.305 e. The van der Waals surface area contributed by atoms with Gasteiger partial charge in [0.05, 0.1) is 11.5 Å². The summed E-state index contributed by atoms with van der Waals surface area (Å²) in [6.45, 7) is 3.49. The molecule has 3 aromatic rings. The Morgan fingerprint density at radius 1 is 1.20 bits per heavy atom. The summed E-state index contributed by atoms with van der Waals surface area (Å²) in [4.78, 5) is 28.0. The van der Waals surface area contributed by atoms with Crippen molar-refractivity contribution in [1.82, 2.24) is 21.0 Å². The van der Waals surface area contributed by atoms with Gasteiger partial charge in [-0.15, -0.1) is 11.8 Å². The highest BCUT2D eigenvalue weighted by molar-refractivity contribution is 7.99. The first-order valence-corrected chi connectivity index (χ1v) is 8.64. The van der Waals surface area contributed by atoms with Crippen molar-refractivity contribution in [2.75, 3.05) is 5.75 Å². The highest BCUT2D eigenvalue weighted by Crippen LogP contribution is 2.24. The zero-order valence-electron chi connectivity index (χ0n) is 13.7. The van der Waals surface area contributed by atoms with Crippen molar-refractivity contribution >= 4 is 34.5 Å². The summed E-state index contributed by atoms with van der Waals surface area (Å²) in [6.07, 6.45) is 0. The molecule has 2 N–H and O–H groups in total. The second-order valence-corrected chi connectivity index (χ2v) is 6.26.